The molecule has 0 fully saturated rings. The Morgan fingerprint density at radius 2 is 1.56 bits per heavy atom. The molecule has 0 aromatic carbocycles. The maximum Gasteiger partial charge on any atom is 0.320 e. The molecule has 0 aromatic rings. The molecule has 0 unspecified atom stereocenters. The predicted molar refractivity (Wildman–Crippen MR) is 60.0 cm³/mol. The van der Waals surface area contributed by atoms with Gasteiger partial charge in [-0.25, -0.2) is 0 Å². The van der Waals surface area contributed by atoms with Crippen LogP contribution in [0.15, 0.2) is 0 Å². The van der Waals surface area contributed by atoms with Crippen LogP contribution in [0.3, 0.4) is 0 Å². The lowest BCUT2D eigenvalue weighted by Crippen LogP contribution is -2.33. The highest BCUT2D eigenvalue weighted by Crippen LogP contribution is 1.95. The molecule has 0 saturated heterocycles. The smallest absolute Gasteiger partial charge is 0.320 e. The zero-order valence-electron chi connectivity index (χ0n) is 10.3. The van der Waals surface area contributed by atoms with E-state index in [1.807, 2.05) is 11.8 Å². The third-order valence-electron chi connectivity index (χ3n) is 2.04. The number of ether oxygens (including phenoxy) is 2. The van der Waals surface area contributed by atoms with Gasteiger partial charge in [0, 0.05) is 6.54 Å². The molecule has 0 N–H and O–H groups in total. The summed E-state index contributed by atoms with van der Waals surface area (Å²) in [5.41, 5.74) is 0. The van der Waals surface area contributed by atoms with E-state index in [4.69, 9.17) is 9.47 Å². The van der Waals surface area contributed by atoms with Gasteiger partial charge in [0.25, 0.3) is 0 Å². The Hall–Kier alpha value is -1.10. The van der Waals surface area contributed by atoms with E-state index in [0.717, 1.165) is 0 Å². The molecule has 0 aliphatic rings. The molecule has 0 atom stereocenters. The molecular formula is C11H21NO4. The SMILES string of the molecule is CCOC(=O)CCN(CC)CC(=O)OCC. The van der Waals surface area contributed by atoms with Gasteiger partial charge in [-0.05, 0) is 20.4 Å². The lowest BCUT2D eigenvalue weighted by atomic mass is 10.3. The van der Waals surface area contributed by atoms with Crippen molar-refractivity contribution >= 4 is 11.9 Å². The number of carbonyl (C=O) groups is 2. The second-order valence-electron chi connectivity index (χ2n) is 3.23. The number of hydrogen-bond donors (Lipinski definition) is 0. The Balaban J connectivity index is 3.82. The first kappa shape index (κ1) is 14.9. The van der Waals surface area contributed by atoms with Crippen LogP contribution in [0, 0.1) is 0 Å². The van der Waals surface area contributed by atoms with Crippen molar-refractivity contribution < 1.29 is 19.1 Å². The summed E-state index contributed by atoms with van der Waals surface area (Å²) in [6.07, 6.45) is 0.307. The van der Waals surface area contributed by atoms with Gasteiger partial charge in [0.1, 0.15) is 0 Å². The summed E-state index contributed by atoms with van der Waals surface area (Å²) in [6, 6.07) is 0. The Bertz CT molecular complexity index is 218. The van der Waals surface area contributed by atoms with Crippen LogP contribution in [0.1, 0.15) is 27.2 Å². The van der Waals surface area contributed by atoms with Gasteiger partial charge in [-0.15, -0.1) is 0 Å². The highest BCUT2D eigenvalue weighted by molar-refractivity contribution is 5.72. The fourth-order valence-electron chi connectivity index (χ4n) is 1.22. The summed E-state index contributed by atoms with van der Waals surface area (Å²) < 4.78 is 9.64. The summed E-state index contributed by atoms with van der Waals surface area (Å²) in [7, 11) is 0. The molecule has 0 saturated carbocycles. The summed E-state index contributed by atoms with van der Waals surface area (Å²) in [5.74, 6) is -0.488. The minimum absolute atomic E-state index is 0.226. The number of carbonyl (C=O) groups excluding carboxylic acids is 2. The van der Waals surface area contributed by atoms with E-state index in [2.05, 4.69) is 0 Å². The first-order chi connectivity index (χ1) is 7.63. The van der Waals surface area contributed by atoms with Crippen molar-refractivity contribution in [2.24, 2.45) is 0 Å². The average Bonchev–Trinajstić information content (AvgIpc) is 2.25. The first-order valence-electron chi connectivity index (χ1n) is 5.67. The van der Waals surface area contributed by atoms with E-state index in [-0.39, 0.29) is 18.5 Å². The molecule has 0 amide bonds. The highest BCUT2D eigenvalue weighted by Gasteiger charge is 2.11. The van der Waals surface area contributed by atoms with Crippen LogP contribution < -0.4 is 0 Å². The van der Waals surface area contributed by atoms with Gasteiger partial charge in [0.15, 0.2) is 0 Å². The molecule has 0 aliphatic carbocycles. The van der Waals surface area contributed by atoms with Crippen molar-refractivity contribution in [2.45, 2.75) is 27.2 Å². The van der Waals surface area contributed by atoms with Gasteiger partial charge in [0.2, 0.25) is 0 Å². The van der Waals surface area contributed by atoms with Gasteiger partial charge >= 0.3 is 11.9 Å². The van der Waals surface area contributed by atoms with Crippen molar-refractivity contribution in [2.75, 3.05) is 32.8 Å². The van der Waals surface area contributed by atoms with Crippen molar-refractivity contribution in [1.29, 1.82) is 0 Å². The van der Waals surface area contributed by atoms with Crippen LogP contribution in [-0.2, 0) is 19.1 Å². The molecule has 0 heterocycles. The first-order valence-corrected chi connectivity index (χ1v) is 5.67. The van der Waals surface area contributed by atoms with Crippen molar-refractivity contribution in [1.82, 2.24) is 4.90 Å². The maximum atomic E-state index is 11.2. The summed E-state index contributed by atoms with van der Waals surface area (Å²) >= 11 is 0. The van der Waals surface area contributed by atoms with Gasteiger partial charge in [0.05, 0.1) is 26.2 Å². The Morgan fingerprint density at radius 3 is 2.06 bits per heavy atom. The predicted octanol–water partition coefficient (Wildman–Crippen LogP) is 0.825. The fourth-order valence-corrected chi connectivity index (χ4v) is 1.22. The standard InChI is InChI=1S/C11H21NO4/c1-4-12(9-11(14)16-6-3)8-7-10(13)15-5-2/h4-9H2,1-3H3. The summed E-state index contributed by atoms with van der Waals surface area (Å²) in [5, 5.41) is 0. The van der Waals surface area contributed by atoms with Gasteiger partial charge in [-0.1, -0.05) is 6.92 Å². The maximum absolute atomic E-state index is 11.2. The molecule has 5 heteroatoms. The van der Waals surface area contributed by atoms with Crippen LogP contribution in [0.2, 0.25) is 0 Å². The topological polar surface area (TPSA) is 55.8 Å². The third-order valence-corrected chi connectivity index (χ3v) is 2.04. The molecule has 0 bridgehead atoms. The van der Waals surface area contributed by atoms with Crippen LogP contribution in [0.4, 0.5) is 0 Å². The van der Waals surface area contributed by atoms with Gasteiger partial charge < -0.3 is 9.47 Å². The van der Waals surface area contributed by atoms with E-state index < -0.39 is 0 Å². The Labute approximate surface area is 96.7 Å². The van der Waals surface area contributed by atoms with Gasteiger partial charge in [-0.2, -0.15) is 0 Å². The van der Waals surface area contributed by atoms with Crippen molar-refractivity contribution in [3.63, 3.8) is 0 Å². The number of nitrogens with zero attached hydrogens (tertiary/aromatic N) is 1. The van der Waals surface area contributed by atoms with E-state index >= 15 is 0 Å². The largest absolute Gasteiger partial charge is 0.466 e. The molecule has 0 rings (SSSR count). The normalized spacial score (nSPS) is 10.2. The molecule has 0 radical (unpaired) electrons. The Kier molecular flexibility index (Phi) is 8.52. The minimum Gasteiger partial charge on any atom is -0.466 e. The van der Waals surface area contributed by atoms with E-state index in [1.165, 1.54) is 0 Å². The second-order valence-corrected chi connectivity index (χ2v) is 3.23. The molecule has 0 spiro atoms. The molecule has 5 nitrogen and oxygen atoms in total. The van der Waals surface area contributed by atoms with E-state index in [1.54, 1.807) is 13.8 Å². The molecular weight excluding hydrogens is 210 g/mol. The van der Waals surface area contributed by atoms with Crippen LogP contribution in [0.5, 0.6) is 0 Å². The number of esters is 2. The second kappa shape index (κ2) is 9.15. The van der Waals surface area contributed by atoms with Crippen LogP contribution in [-0.4, -0.2) is 49.7 Å². The zero-order chi connectivity index (χ0) is 12.4. The molecule has 94 valence electrons. The lowest BCUT2D eigenvalue weighted by molar-refractivity contribution is -0.147. The van der Waals surface area contributed by atoms with Crippen molar-refractivity contribution in [3.8, 4) is 0 Å². The summed E-state index contributed by atoms with van der Waals surface area (Å²) in [6.45, 7) is 7.71. The highest BCUT2D eigenvalue weighted by atomic mass is 16.5. The fraction of sp³-hybridized carbons (Fsp3) is 0.818. The average molecular weight is 231 g/mol. The quantitative estimate of drug-likeness (QED) is 0.579. The third kappa shape index (κ3) is 7.23. The minimum atomic E-state index is -0.256. The van der Waals surface area contributed by atoms with Crippen LogP contribution in [0.25, 0.3) is 0 Å². The monoisotopic (exact) mass is 231 g/mol. The van der Waals surface area contributed by atoms with Gasteiger partial charge in [-0.3, -0.25) is 14.5 Å². The van der Waals surface area contributed by atoms with E-state index in [0.29, 0.717) is 32.7 Å². The number of hydrogen-bond acceptors (Lipinski definition) is 5. The number of rotatable bonds is 8. The molecule has 16 heavy (non-hydrogen) atoms. The summed E-state index contributed by atoms with van der Waals surface area (Å²) in [4.78, 5) is 24.2. The Morgan fingerprint density at radius 1 is 1.00 bits per heavy atom. The van der Waals surface area contributed by atoms with E-state index in [9.17, 15) is 9.59 Å². The number of likely N-dealkylation sites (N-methyl/N-ethyl adjacent to an activating group) is 1. The molecule has 0 aromatic heterocycles. The zero-order valence-corrected chi connectivity index (χ0v) is 10.3. The lowest BCUT2D eigenvalue weighted by Gasteiger charge is -2.18. The van der Waals surface area contributed by atoms with Crippen LogP contribution >= 0.6 is 0 Å². The molecule has 0 aliphatic heterocycles. The van der Waals surface area contributed by atoms with Crippen molar-refractivity contribution in [3.05, 3.63) is 0 Å².